The minimum Gasteiger partial charge on any atom is -0.381 e. The lowest BCUT2D eigenvalue weighted by atomic mass is 10.1. The summed E-state index contributed by atoms with van der Waals surface area (Å²) in [6.45, 7) is 5.64. The Bertz CT molecular complexity index is 113. The molecule has 0 bridgehead atoms. The van der Waals surface area contributed by atoms with Crippen molar-refractivity contribution in [3.63, 3.8) is 0 Å². The van der Waals surface area contributed by atoms with Crippen molar-refractivity contribution >= 4 is 12.6 Å². The molecule has 1 aliphatic rings. The summed E-state index contributed by atoms with van der Waals surface area (Å²) < 4.78 is 10.8. The second-order valence-electron chi connectivity index (χ2n) is 3.55. The van der Waals surface area contributed by atoms with Crippen molar-refractivity contribution in [2.45, 2.75) is 13.3 Å². The minimum atomic E-state index is 0.565. The molecule has 2 unspecified atom stereocenters. The van der Waals surface area contributed by atoms with Gasteiger partial charge in [-0.15, -0.1) is 0 Å². The fourth-order valence-corrected chi connectivity index (χ4v) is 1.31. The van der Waals surface area contributed by atoms with Crippen LogP contribution in [0.1, 0.15) is 13.3 Å². The highest BCUT2D eigenvalue weighted by atomic mass is 32.1. The predicted molar refractivity (Wildman–Crippen MR) is 52.8 cm³/mol. The molecule has 0 radical (unpaired) electrons. The van der Waals surface area contributed by atoms with Gasteiger partial charge in [0.05, 0.1) is 13.2 Å². The van der Waals surface area contributed by atoms with Crippen LogP contribution in [0.5, 0.6) is 0 Å². The molecule has 1 fully saturated rings. The zero-order valence-corrected chi connectivity index (χ0v) is 8.56. The van der Waals surface area contributed by atoms with Gasteiger partial charge in [-0.05, 0) is 18.1 Å². The summed E-state index contributed by atoms with van der Waals surface area (Å²) in [4.78, 5) is 0. The van der Waals surface area contributed by atoms with E-state index in [-0.39, 0.29) is 0 Å². The molecule has 0 aliphatic carbocycles. The number of hydrogen-bond donors (Lipinski definition) is 1. The van der Waals surface area contributed by atoms with E-state index in [1.807, 2.05) is 0 Å². The van der Waals surface area contributed by atoms with Gasteiger partial charge in [-0.1, -0.05) is 6.92 Å². The molecule has 0 spiro atoms. The Hall–Kier alpha value is 0.270. The molecule has 3 heteroatoms. The zero-order chi connectivity index (χ0) is 8.81. The number of thiol groups is 1. The number of ether oxygens (including phenoxy) is 2. The largest absolute Gasteiger partial charge is 0.381 e. The Morgan fingerprint density at radius 1 is 1.67 bits per heavy atom. The minimum absolute atomic E-state index is 0.565. The first-order chi connectivity index (χ1) is 5.83. The summed E-state index contributed by atoms with van der Waals surface area (Å²) in [5.74, 6) is 2.11. The van der Waals surface area contributed by atoms with E-state index in [0.29, 0.717) is 11.8 Å². The van der Waals surface area contributed by atoms with E-state index in [0.717, 1.165) is 38.6 Å². The molecule has 12 heavy (non-hydrogen) atoms. The van der Waals surface area contributed by atoms with Gasteiger partial charge in [0.25, 0.3) is 0 Å². The van der Waals surface area contributed by atoms with Crippen molar-refractivity contribution in [1.82, 2.24) is 0 Å². The summed E-state index contributed by atoms with van der Waals surface area (Å²) >= 11 is 4.19. The monoisotopic (exact) mass is 190 g/mol. The van der Waals surface area contributed by atoms with Crippen LogP contribution in [0.2, 0.25) is 0 Å². The Balaban J connectivity index is 1.94. The molecule has 0 aromatic rings. The van der Waals surface area contributed by atoms with Gasteiger partial charge in [0.1, 0.15) is 0 Å². The van der Waals surface area contributed by atoms with Crippen LogP contribution >= 0.6 is 12.6 Å². The molecular weight excluding hydrogens is 172 g/mol. The molecule has 2 nitrogen and oxygen atoms in total. The topological polar surface area (TPSA) is 18.5 Å². The van der Waals surface area contributed by atoms with Gasteiger partial charge in [-0.25, -0.2) is 0 Å². The SMILES string of the molecule is CC(CS)COCC1CCOC1. The van der Waals surface area contributed by atoms with E-state index in [4.69, 9.17) is 9.47 Å². The lowest BCUT2D eigenvalue weighted by Gasteiger charge is -2.11. The summed E-state index contributed by atoms with van der Waals surface area (Å²) in [7, 11) is 0. The molecule has 0 N–H and O–H groups in total. The maximum absolute atomic E-state index is 5.54. The standard InChI is InChI=1S/C9H18O2S/c1-8(7-12)4-11-6-9-2-3-10-5-9/h8-9,12H,2-7H2,1H3. The van der Waals surface area contributed by atoms with Gasteiger partial charge in [0, 0.05) is 19.1 Å². The molecule has 0 saturated carbocycles. The number of rotatable bonds is 5. The van der Waals surface area contributed by atoms with Gasteiger partial charge in [-0.3, -0.25) is 0 Å². The molecule has 1 saturated heterocycles. The van der Waals surface area contributed by atoms with Crippen LogP contribution in [0.25, 0.3) is 0 Å². The van der Waals surface area contributed by atoms with Gasteiger partial charge in [0.2, 0.25) is 0 Å². The van der Waals surface area contributed by atoms with Gasteiger partial charge in [0.15, 0.2) is 0 Å². The average molecular weight is 190 g/mol. The van der Waals surface area contributed by atoms with E-state index < -0.39 is 0 Å². The third kappa shape index (κ3) is 3.78. The molecule has 72 valence electrons. The van der Waals surface area contributed by atoms with Crippen molar-refractivity contribution < 1.29 is 9.47 Å². The van der Waals surface area contributed by atoms with Crippen molar-refractivity contribution in [2.24, 2.45) is 11.8 Å². The molecule has 0 aromatic carbocycles. The highest BCUT2D eigenvalue weighted by molar-refractivity contribution is 7.80. The maximum Gasteiger partial charge on any atom is 0.0517 e. The third-order valence-electron chi connectivity index (χ3n) is 2.09. The van der Waals surface area contributed by atoms with Crippen LogP contribution in [-0.2, 0) is 9.47 Å². The zero-order valence-electron chi connectivity index (χ0n) is 7.66. The van der Waals surface area contributed by atoms with E-state index in [2.05, 4.69) is 19.6 Å². The Labute approximate surface area is 80.0 Å². The quantitative estimate of drug-likeness (QED) is 0.664. The van der Waals surface area contributed by atoms with Crippen LogP contribution < -0.4 is 0 Å². The summed E-state index contributed by atoms with van der Waals surface area (Å²) in [5, 5.41) is 0. The fourth-order valence-electron chi connectivity index (χ4n) is 1.20. The van der Waals surface area contributed by atoms with E-state index >= 15 is 0 Å². The first kappa shape index (κ1) is 10.4. The molecule has 1 heterocycles. The predicted octanol–water partition coefficient (Wildman–Crippen LogP) is 1.61. The van der Waals surface area contributed by atoms with Gasteiger partial charge < -0.3 is 9.47 Å². The van der Waals surface area contributed by atoms with Crippen molar-refractivity contribution in [1.29, 1.82) is 0 Å². The molecule has 2 atom stereocenters. The molecule has 0 aromatic heterocycles. The van der Waals surface area contributed by atoms with Crippen LogP contribution in [0, 0.1) is 11.8 Å². The van der Waals surface area contributed by atoms with Gasteiger partial charge in [-0.2, -0.15) is 12.6 Å². The Kier molecular flexibility index (Phi) is 5.04. The smallest absolute Gasteiger partial charge is 0.0517 e. The normalized spacial score (nSPS) is 26.0. The van der Waals surface area contributed by atoms with Crippen molar-refractivity contribution in [2.75, 3.05) is 32.2 Å². The highest BCUT2D eigenvalue weighted by Crippen LogP contribution is 2.12. The molecular formula is C9H18O2S. The fraction of sp³-hybridized carbons (Fsp3) is 1.00. The summed E-state index contributed by atoms with van der Waals surface area (Å²) in [6.07, 6.45) is 1.16. The van der Waals surface area contributed by atoms with E-state index in [1.165, 1.54) is 0 Å². The van der Waals surface area contributed by atoms with E-state index in [9.17, 15) is 0 Å². The van der Waals surface area contributed by atoms with Gasteiger partial charge >= 0.3 is 0 Å². The summed E-state index contributed by atoms with van der Waals surface area (Å²) in [6, 6.07) is 0. The molecule has 0 amide bonds. The number of hydrogen-bond acceptors (Lipinski definition) is 3. The van der Waals surface area contributed by atoms with Crippen molar-refractivity contribution in [3.05, 3.63) is 0 Å². The van der Waals surface area contributed by atoms with Crippen LogP contribution in [0.3, 0.4) is 0 Å². The summed E-state index contributed by atoms with van der Waals surface area (Å²) in [5.41, 5.74) is 0. The second-order valence-corrected chi connectivity index (χ2v) is 3.92. The Morgan fingerprint density at radius 3 is 3.08 bits per heavy atom. The third-order valence-corrected chi connectivity index (χ3v) is 2.71. The first-order valence-electron chi connectivity index (χ1n) is 4.59. The van der Waals surface area contributed by atoms with Crippen LogP contribution in [0.15, 0.2) is 0 Å². The lowest BCUT2D eigenvalue weighted by Crippen LogP contribution is -2.14. The molecule has 1 aliphatic heterocycles. The second kappa shape index (κ2) is 5.84. The van der Waals surface area contributed by atoms with Crippen LogP contribution in [0.4, 0.5) is 0 Å². The first-order valence-corrected chi connectivity index (χ1v) is 5.22. The maximum atomic E-state index is 5.54. The van der Waals surface area contributed by atoms with E-state index in [1.54, 1.807) is 0 Å². The van der Waals surface area contributed by atoms with Crippen LogP contribution in [-0.4, -0.2) is 32.2 Å². The van der Waals surface area contributed by atoms with Crippen molar-refractivity contribution in [3.8, 4) is 0 Å². The lowest BCUT2D eigenvalue weighted by molar-refractivity contribution is 0.0739. The Morgan fingerprint density at radius 2 is 2.50 bits per heavy atom. The average Bonchev–Trinajstić information content (AvgIpc) is 2.57. The molecule has 1 rings (SSSR count). The highest BCUT2D eigenvalue weighted by Gasteiger charge is 2.15.